The Morgan fingerprint density at radius 1 is 1.12 bits per heavy atom. The summed E-state index contributed by atoms with van der Waals surface area (Å²) in [7, 11) is 0. The van der Waals surface area contributed by atoms with Gasteiger partial charge >= 0.3 is 0 Å². The smallest absolute Gasteiger partial charge is 0.257 e. The zero-order valence-corrected chi connectivity index (χ0v) is 20.3. The van der Waals surface area contributed by atoms with Crippen molar-refractivity contribution in [1.82, 2.24) is 10.2 Å². The van der Waals surface area contributed by atoms with Crippen molar-refractivity contribution < 1.29 is 9.53 Å². The van der Waals surface area contributed by atoms with Crippen molar-refractivity contribution in [3.8, 4) is 0 Å². The molecule has 0 saturated carbocycles. The highest BCUT2D eigenvalue weighted by Gasteiger charge is 2.45. The fourth-order valence-corrected chi connectivity index (χ4v) is 4.67. The molecule has 1 fully saturated rings. The van der Waals surface area contributed by atoms with Gasteiger partial charge in [-0.25, -0.2) is 0 Å². The first-order valence-corrected chi connectivity index (χ1v) is 12.2. The molecular formula is C28H40N2O2. The molecule has 1 N–H and O–H groups in total. The van der Waals surface area contributed by atoms with E-state index in [0.717, 1.165) is 56.4 Å². The van der Waals surface area contributed by atoms with Gasteiger partial charge in [-0.15, -0.1) is 0 Å². The number of carbonyl (C=O) groups excluding carboxylic acids is 1. The molecule has 0 aliphatic carbocycles. The standard InChI is InChI=1S/C28H40N2O2/c1-5-6-19-32-28(22(2)3,25-14-10-11-23(4)20-25)27(31)29-26-15-17-30(18-16-26)21-24-12-8-7-9-13-24/h7-14,20,22,26H,5-6,15-19,21H2,1-4H3,(H,29,31). The molecule has 4 nitrogen and oxygen atoms in total. The van der Waals surface area contributed by atoms with Crippen LogP contribution < -0.4 is 5.32 Å². The summed E-state index contributed by atoms with van der Waals surface area (Å²) >= 11 is 0. The van der Waals surface area contributed by atoms with E-state index in [1.807, 2.05) is 12.1 Å². The zero-order chi connectivity index (χ0) is 23.0. The van der Waals surface area contributed by atoms with Crippen LogP contribution in [-0.4, -0.2) is 36.5 Å². The van der Waals surface area contributed by atoms with Gasteiger partial charge in [0.1, 0.15) is 0 Å². The number of nitrogens with one attached hydrogen (secondary N) is 1. The summed E-state index contributed by atoms with van der Waals surface area (Å²) < 4.78 is 6.45. The Balaban J connectivity index is 1.69. The topological polar surface area (TPSA) is 41.6 Å². The quantitative estimate of drug-likeness (QED) is 0.504. The lowest BCUT2D eigenvalue weighted by Gasteiger charge is -2.39. The van der Waals surface area contributed by atoms with Crippen molar-refractivity contribution in [3.63, 3.8) is 0 Å². The zero-order valence-electron chi connectivity index (χ0n) is 20.3. The number of amides is 1. The molecule has 1 saturated heterocycles. The number of piperidine rings is 1. The highest BCUT2D eigenvalue weighted by Crippen LogP contribution is 2.35. The number of benzene rings is 2. The molecule has 1 atom stereocenters. The van der Waals surface area contributed by atoms with Crippen LogP contribution in [0.2, 0.25) is 0 Å². The van der Waals surface area contributed by atoms with Gasteiger partial charge in [-0.1, -0.05) is 87.4 Å². The summed E-state index contributed by atoms with van der Waals surface area (Å²) in [5.74, 6) is 0.0371. The average molecular weight is 437 g/mol. The SMILES string of the molecule is CCCCOC(C(=O)NC1CCN(Cc2ccccc2)CC1)(c1cccc(C)c1)C(C)C. The van der Waals surface area contributed by atoms with Crippen LogP contribution in [0.3, 0.4) is 0 Å². The summed E-state index contributed by atoms with van der Waals surface area (Å²) in [6.45, 7) is 12.0. The molecule has 1 amide bonds. The molecule has 174 valence electrons. The van der Waals surface area contributed by atoms with E-state index < -0.39 is 5.60 Å². The van der Waals surface area contributed by atoms with Crippen LogP contribution in [0.1, 0.15) is 63.1 Å². The highest BCUT2D eigenvalue weighted by atomic mass is 16.5. The lowest BCUT2D eigenvalue weighted by Crippen LogP contribution is -2.54. The Hall–Kier alpha value is -2.17. The summed E-state index contributed by atoms with van der Waals surface area (Å²) in [4.78, 5) is 16.3. The van der Waals surface area contributed by atoms with Crippen molar-refractivity contribution >= 4 is 5.91 Å². The van der Waals surface area contributed by atoms with Gasteiger partial charge in [0.2, 0.25) is 0 Å². The molecular weight excluding hydrogens is 396 g/mol. The molecule has 3 rings (SSSR count). The molecule has 1 unspecified atom stereocenters. The molecule has 1 heterocycles. The van der Waals surface area contributed by atoms with Gasteiger partial charge in [-0.05, 0) is 43.2 Å². The predicted octanol–water partition coefficient (Wildman–Crippen LogP) is 5.44. The second kappa shape index (κ2) is 11.6. The van der Waals surface area contributed by atoms with Gasteiger partial charge in [-0.2, -0.15) is 0 Å². The van der Waals surface area contributed by atoms with Gasteiger partial charge in [0.15, 0.2) is 5.60 Å². The number of hydrogen-bond acceptors (Lipinski definition) is 3. The third-order valence-electron chi connectivity index (χ3n) is 6.60. The van der Waals surface area contributed by atoms with Crippen LogP contribution in [0.25, 0.3) is 0 Å². The van der Waals surface area contributed by atoms with E-state index in [1.54, 1.807) is 0 Å². The third kappa shape index (κ3) is 5.99. The van der Waals surface area contributed by atoms with E-state index >= 15 is 0 Å². The minimum Gasteiger partial charge on any atom is -0.360 e. The van der Waals surface area contributed by atoms with E-state index in [0.29, 0.717) is 6.61 Å². The molecule has 2 aromatic rings. The Morgan fingerprint density at radius 2 is 1.84 bits per heavy atom. The second-order valence-corrected chi connectivity index (χ2v) is 9.47. The van der Waals surface area contributed by atoms with Crippen LogP contribution in [0, 0.1) is 12.8 Å². The van der Waals surface area contributed by atoms with Crippen molar-refractivity contribution in [2.45, 2.75) is 71.6 Å². The number of ether oxygens (including phenoxy) is 1. The number of rotatable bonds is 10. The third-order valence-corrected chi connectivity index (χ3v) is 6.60. The Labute approximate surface area is 194 Å². The Bertz CT molecular complexity index is 844. The van der Waals surface area contributed by atoms with Crippen LogP contribution in [0.5, 0.6) is 0 Å². The molecule has 4 heteroatoms. The number of aryl methyl sites for hydroxylation is 1. The summed E-state index contributed by atoms with van der Waals surface area (Å²) in [6, 6.07) is 19.0. The second-order valence-electron chi connectivity index (χ2n) is 9.47. The lowest BCUT2D eigenvalue weighted by atomic mass is 9.81. The van der Waals surface area contributed by atoms with E-state index in [2.05, 4.69) is 80.4 Å². The molecule has 0 bridgehead atoms. The molecule has 0 radical (unpaired) electrons. The average Bonchev–Trinajstić information content (AvgIpc) is 2.78. The van der Waals surface area contributed by atoms with Gasteiger partial charge in [0, 0.05) is 32.3 Å². The maximum absolute atomic E-state index is 13.8. The van der Waals surface area contributed by atoms with Gasteiger partial charge in [-0.3, -0.25) is 9.69 Å². The van der Waals surface area contributed by atoms with Crippen molar-refractivity contribution in [1.29, 1.82) is 0 Å². The maximum Gasteiger partial charge on any atom is 0.257 e. The van der Waals surface area contributed by atoms with E-state index in [1.165, 1.54) is 5.56 Å². The number of hydrogen-bond donors (Lipinski definition) is 1. The largest absolute Gasteiger partial charge is 0.360 e. The minimum absolute atomic E-state index is 0.00992. The first kappa shape index (κ1) is 24.5. The number of likely N-dealkylation sites (tertiary alicyclic amines) is 1. The monoisotopic (exact) mass is 436 g/mol. The minimum atomic E-state index is -0.956. The molecule has 1 aliphatic rings. The van der Waals surface area contributed by atoms with Crippen LogP contribution in [-0.2, 0) is 21.7 Å². The molecule has 0 aromatic heterocycles. The molecule has 1 aliphatic heterocycles. The summed E-state index contributed by atoms with van der Waals surface area (Å²) in [6.07, 6.45) is 3.93. The molecule has 32 heavy (non-hydrogen) atoms. The number of nitrogens with zero attached hydrogens (tertiary/aromatic N) is 1. The first-order valence-electron chi connectivity index (χ1n) is 12.2. The lowest BCUT2D eigenvalue weighted by molar-refractivity contribution is -0.158. The van der Waals surface area contributed by atoms with E-state index in [-0.39, 0.29) is 17.9 Å². The van der Waals surface area contributed by atoms with Crippen molar-refractivity contribution in [2.24, 2.45) is 5.92 Å². The fraction of sp³-hybridized carbons (Fsp3) is 0.536. The first-order chi connectivity index (χ1) is 15.5. The van der Waals surface area contributed by atoms with Gasteiger partial charge in [0.05, 0.1) is 0 Å². The summed E-state index contributed by atoms with van der Waals surface area (Å²) in [5, 5.41) is 3.38. The van der Waals surface area contributed by atoms with Crippen LogP contribution in [0.15, 0.2) is 54.6 Å². The molecule has 2 aromatic carbocycles. The normalized spacial score (nSPS) is 17.3. The Morgan fingerprint density at radius 3 is 2.47 bits per heavy atom. The maximum atomic E-state index is 13.8. The van der Waals surface area contributed by atoms with Gasteiger partial charge < -0.3 is 10.1 Å². The van der Waals surface area contributed by atoms with Crippen molar-refractivity contribution in [2.75, 3.05) is 19.7 Å². The van der Waals surface area contributed by atoms with E-state index in [4.69, 9.17) is 4.74 Å². The number of unbranched alkanes of at least 4 members (excludes halogenated alkanes) is 1. The van der Waals surface area contributed by atoms with E-state index in [9.17, 15) is 4.79 Å². The van der Waals surface area contributed by atoms with Crippen LogP contribution >= 0.6 is 0 Å². The van der Waals surface area contributed by atoms with Crippen LogP contribution in [0.4, 0.5) is 0 Å². The number of carbonyl (C=O) groups is 1. The predicted molar refractivity (Wildman–Crippen MR) is 131 cm³/mol. The fourth-order valence-electron chi connectivity index (χ4n) is 4.67. The highest BCUT2D eigenvalue weighted by molar-refractivity contribution is 5.87. The van der Waals surface area contributed by atoms with Gasteiger partial charge in [0.25, 0.3) is 5.91 Å². The molecule has 0 spiro atoms. The Kier molecular flexibility index (Phi) is 8.89. The van der Waals surface area contributed by atoms with Crippen molar-refractivity contribution in [3.05, 3.63) is 71.3 Å². The summed E-state index contributed by atoms with van der Waals surface area (Å²) in [5.41, 5.74) is 2.50.